The third-order valence-corrected chi connectivity index (χ3v) is 3.28. The van der Waals surface area contributed by atoms with Gasteiger partial charge in [-0.25, -0.2) is 4.79 Å². The molecule has 1 fully saturated rings. The van der Waals surface area contributed by atoms with Gasteiger partial charge in [-0.2, -0.15) is 0 Å². The van der Waals surface area contributed by atoms with Crippen molar-refractivity contribution in [1.82, 2.24) is 0 Å². The van der Waals surface area contributed by atoms with Crippen molar-refractivity contribution in [2.75, 3.05) is 7.11 Å². The van der Waals surface area contributed by atoms with Crippen LogP contribution in [0, 0.1) is 0 Å². The molecule has 1 aromatic rings. The van der Waals surface area contributed by atoms with Crippen LogP contribution in [0.4, 0.5) is 0 Å². The summed E-state index contributed by atoms with van der Waals surface area (Å²) < 4.78 is 14.8. The van der Waals surface area contributed by atoms with Gasteiger partial charge in [0.1, 0.15) is 18.3 Å². The first-order chi connectivity index (χ1) is 10.0. The highest BCUT2D eigenvalue weighted by molar-refractivity contribution is 5.75. The van der Waals surface area contributed by atoms with E-state index in [9.17, 15) is 20.1 Å². The summed E-state index contributed by atoms with van der Waals surface area (Å²) in [7, 11) is 1.13. The van der Waals surface area contributed by atoms with Crippen LogP contribution in [0.3, 0.4) is 0 Å². The predicted octanol–water partition coefficient (Wildman–Crippen LogP) is -0.816. The first-order valence-corrected chi connectivity index (χ1v) is 6.47. The topological polar surface area (TPSA) is 105 Å². The summed E-state index contributed by atoms with van der Waals surface area (Å²) in [4.78, 5) is 11.5. The average Bonchev–Trinajstić information content (AvgIpc) is 2.51. The second-order valence-corrected chi connectivity index (χ2v) is 4.71. The van der Waals surface area contributed by atoms with Gasteiger partial charge in [-0.15, -0.1) is 0 Å². The van der Waals surface area contributed by atoms with E-state index in [1.54, 1.807) is 0 Å². The smallest absolute Gasteiger partial charge is 0.337 e. The Balaban J connectivity index is 2.06. The molecule has 1 unspecified atom stereocenters. The largest absolute Gasteiger partial charge is 0.467 e. The summed E-state index contributed by atoms with van der Waals surface area (Å²) in [5.41, 5.74) is 0.826. The Morgan fingerprint density at radius 3 is 2.48 bits per heavy atom. The molecule has 1 aromatic carbocycles. The van der Waals surface area contributed by atoms with E-state index in [4.69, 9.17) is 9.47 Å². The van der Waals surface area contributed by atoms with Crippen LogP contribution in [0.15, 0.2) is 30.3 Å². The lowest BCUT2D eigenvalue weighted by atomic mass is 9.98. The molecule has 5 atom stereocenters. The summed E-state index contributed by atoms with van der Waals surface area (Å²) in [6.07, 6.45) is -7.13. The molecule has 1 heterocycles. The number of carbonyl (C=O) groups excluding carboxylic acids is 1. The maximum Gasteiger partial charge on any atom is 0.337 e. The van der Waals surface area contributed by atoms with Crippen molar-refractivity contribution >= 4 is 5.97 Å². The zero-order chi connectivity index (χ0) is 15.4. The fourth-order valence-electron chi connectivity index (χ4n) is 2.12. The summed E-state index contributed by atoms with van der Waals surface area (Å²) in [6.45, 7) is 0.111. The molecule has 21 heavy (non-hydrogen) atoms. The van der Waals surface area contributed by atoms with Crippen LogP contribution < -0.4 is 0 Å². The van der Waals surface area contributed by atoms with Crippen molar-refractivity contribution in [3.05, 3.63) is 35.9 Å². The highest BCUT2D eigenvalue weighted by Gasteiger charge is 2.48. The minimum absolute atomic E-state index is 0.111. The molecule has 0 saturated carbocycles. The van der Waals surface area contributed by atoms with Gasteiger partial charge < -0.3 is 29.5 Å². The third kappa shape index (κ3) is 3.58. The van der Waals surface area contributed by atoms with Gasteiger partial charge in [0.2, 0.25) is 0 Å². The number of aliphatic hydroxyl groups is 3. The number of benzene rings is 1. The maximum atomic E-state index is 11.5. The molecule has 7 heteroatoms. The van der Waals surface area contributed by atoms with Crippen LogP contribution in [-0.4, -0.2) is 59.1 Å². The first-order valence-electron chi connectivity index (χ1n) is 6.47. The lowest BCUT2D eigenvalue weighted by Gasteiger charge is -2.39. The highest BCUT2D eigenvalue weighted by atomic mass is 16.7. The van der Waals surface area contributed by atoms with E-state index in [0.29, 0.717) is 0 Å². The van der Waals surface area contributed by atoms with Crippen LogP contribution >= 0.6 is 0 Å². The zero-order valence-corrected chi connectivity index (χ0v) is 11.5. The van der Waals surface area contributed by atoms with Crippen molar-refractivity contribution < 1.29 is 34.3 Å². The van der Waals surface area contributed by atoms with Crippen molar-refractivity contribution in [3.63, 3.8) is 0 Å². The van der Waals surface area contributed by atoms with Gasteiger partial charge >= 0.3 is 5.97 Å². The molecule has 0 spiro atoms. The fraction of sp³-hybridized carbons (Fsp3) is 0.500. The molecule has 0 radical (unpaired) electrons. The van der Waals surface area contributed by atoms with Crippen LogP contribution in [0.25, 0.3) is 0 Å². The Morgan fingerprint density at radius 1 is 1.19 bits per heavy atom. The van der Waals surface area contributed by atoms with E-state index in [2.05, 4.69) is 4.74 Å². The van der Waals surface area contributed by atoms with Gasteiger partial charge in [-0.05, 0) is 5.56 Å². The molecule has 1 aliphatic rings. The Hall–Kier alpha value is -1.51. The molecule has 2 rings (SSSR count). The molecule has 1 saturated heterocycles. The number of esters is 1. The van der Waals surface area contributed by atoms with Crippen molar-refractivity contribution in [2.24, 2.45) is 0 Å². The minimum Gasteiger partial charge on any atom is -0.467 e. The lowest BCUT2D eigenvalue weighted by Crippen LogP contribution is -2.60. The normalized spacial score (nSPS) is 32.7. The fourth-order valence-corrected chi connectivity index (χ4v) is 2.12. The summed E-state index contributed by atoms with van der Waals surface area (Å²) in [5, 5.41) is 29.5. The van der Waals surface area contributed by atoms with Gasteiger partial charge in [0.15, 0.2) is 12.4 Å². The van der Waals surface area contributed by atoms with Crippen LogP contribution in [0.2, 0.25) is 0 Å². The predicted molar refractivity (Wildman–Crippen MR) is 69.9 cm³/mol. The Bertz CT molecular complexity index is 464. The number of aliphatic hydroxyl groups excluding tert-OH is 3. The van der Waals surface area contributed by atoms with E-state index < -0.39 is 36.7 Å². The van der Waals surface area contributed by atoms with E-state index in [-0.39, 0.29) is 6.61 Å². The molecule has 0 bridgehead atoms. The molecule has 0 aliphatic carbocycles. The third-order valence-electron chi connectivity index (χ3n) is 3.28. The summed E-state index contributed by atoms with van der Waals surface area (Å²) in [5.74, 6) is -0.846. The summed E-state index contributed by atoms with van der Waals surface area (Å²) in [6, 6.07) is 9.11. The monoisotopic (exact) mass is 298 g/mol. The van der Waals surface area contributed by atoms with E-state index >= 15 is 0 Å². The van der Waals surface area contributed by atoms with Crippen molar-refractivity contribution in [3.8, 4) is 0 Å². The van der Waals surface area contributed by atoms with E-state index in [0.717, 1.165) is 12.7 Å². The molecule has 7 nitrogen and oxygen atoms in total. The Kier molecular flexibility index (Phi) is 5.27. The number of hydrogen-bond acceptors (Lipinski definition) is 7. The quantitative estimate of drug-likeness (QED) is 0.624. The number of rotatable bonds is 4. The zero-order valence-electron chi connectivity index (χ0n) is 11.5. The number of methoxy groups -OCH3 is 1. The average molecular weight is 298 g/mol. The number of ether oxygens (including phenoxy) is 3. The minimum atomic E-state index is -1.64. The number of hydrogen-bond donors (Lipinski definition) is 3. The van der Waals surface area contributed by atoms with Gasteiger partial charge in [-0.3, -0.25) is 0 Å². The van der Waals surface area contributed by atoms with Crippen molar-refractivity contribution in [1.29, 1.82) is 0 Å². The van der Waals surface area contributed by atoms with E-state index in [1.807, 2.05) is 30.3 Å². The van der Waals surface area contributed by atoms with Gasteiger partial charge in [0, 0.05) is 0 Å². The molecule has 0 amide bonds. The molecular formula is C14H18O7. The van der Waals surface area contributed by atoms with Crippen LogP contribution in [0.1, 0.15) is 5.56 Å². The Morgan fingerprint density at radius 2 is 1.86 bits per heavy atom. The second-order valence-electron chi connectivity index (χ2n) is 4.71. The van der Waals surface area contributed by atoms with Crippen LogP contribution in [0.5, 0.6) is 0 Å². The van der Waals surface area contributed by atoms with Gasteiger partial charge in [0.25, 0.3) is 0 Å². The molecule has 1 aliphatic heterocycles. The highest BCUT2D eigenvalue weighted by Crippen LogP contribution is 2.24. The van der Waals surface area contributed by atoms with Crippen LogP contribution in [-0.2, 0) is 25.6 Å². The Labute approximate surface area is 121 Å². The van der Waals surface area contributed by atoms with E-state index in [1.165, 1.54) is 0 Å². The van der Waals surface area contributed by atoms with Crippen molar-refractivity contribution in [2.45, 2.75) is 37.3 Å². The van der Waals surface area contributed by atoms with Gasteiger partial charge in [-0.1, -0.05) is 30.3 Å². The maximum absolute atomic E-state index is 11.5. The molecular weight excluding hydrogens is 280 g/mol. The first kappa shape index (κ1) is 15.9. The van der Waals surface area contributed by atoms with Gasteiger partial charge in [0.05, 0.1) is 13.7 Å². The second kappa shape index (κ2) is 6.97. The molecule has 3 N–H and O–H groups in total. The number of carbonyl (C=O) groups is 1. The standard InChI is InChI=1S/C14H18O7/c1-19-14(18)12-9(15)11(10(16)13(17)21-12)20-7-8-5-3-2-4-6-8/h2-6,9-13,15-17H,7H2,1H3/t9-,10+,11-,12-,13?/m0/s1. The molecule has 116 valence electrons. The molecule has 0 aromatic heterocycles. The summed E-state index contributed by atoms with van der Waals surface area (Å²) >= 11 is 0. The SMILES string of the molecule is COC(=O)[C@H]1OC(O)[C@H](O)[C@@H](OCc2ccccc2)[C@@H]1O. The lowest BCUT2D eigenvalue weighted by molar-refractivity contribution is -0.289.